The number of benzene rings is 2. The molecule has 2 heterocycles. The Bertz CT molecular complexity index is 1100. The van der Waals surface area contributed by atoms with E-state index < -0.39 is 6.61 Å². The number of amides is 1. The summed E-state index contributed by atoms with van der Waals surface area (Å²) in [5.74, 6) is 0.826. The van der Waals surface area contributed by atoms with Gasteiger partial charge < -0.3 is 25.2 Å². The molecule has 0 radical (unpaired) electrons. The summed E-state index contributed by atoms with van der Waals surface area (Å²) >= 11 is 6.02. The zero-order valence-electron chi connectivity index (χ0n) is 17.0. The Balaban J connectivity index is 1.65. The van der Waals surface area contributed by atoms with Gasteiger partial charge in [0.1, 0.15) is 36.4 Å². The molecule has 1 amide bonds. The number of aliphatic hydroxyl groups excluding tert-OH is 1. The van der Waals surface area contributed by atoms with Crippen LogP contribution in [0.4, 0.5) is 11.5 Å². The molecule has 1 aliphatic rings. The molecule has 0 aliphatic carbocycles. The zero-order valence-corrected chi connectivity index (χ0v) is 17.7. The number of nitrogens with one attached hydrogen (secondary N) is 1. The van der Waals surface area contributed by atoms with E-state index in [1.165, 1.54) is 12.4 Å². The predicted octanol–water partition coefficient (Wildman–Crippen LogP) is 3.48. The summed E-state index contributed by atoms with van der Waals surface area (Å²) in [6, 6.07) is 10.2. The SMILES string of the molecule is CC(Oc1cccc2ncnc(Nc3ccc(O)c(Cl)c3)c12)[C@H]1CCCN1C(=O)CO. The van der Waals surface area contributed by atoms with Crippen LogP contribution in [0.3, 0.4) is 0 Å². The van der Waals surface area contributed by atoms with E-state index in [-0.39, 0.29) is 28.8 Å². The number of carbonyl (C=O) groups excluding carboxylic acids is 1. The number of ether oxygens (including phenoxy) is 1. The molecular weight excluding hydrogens is 420 g/mol. The minimum Gasteiger partial charge on any atom is -0.506 e. The standard InChI is InChI=1S/C22H23ClN4O4/c1-13(17-5-3-9-27(17)20(30)11-28)31-19-6-2-4-16-21(19)22(25-12-24-16)26-14-7-8-18(29)15(23)10-14/h2,4,6-8,10,12-13,17,28-29H,3,5,9,11H2,1H3,(H,24,25,26)/t13?,17-/m1/s1. The number of rotatable bonds is 6. The molecule has 1 aliphatic heterocycles. The van der Waals surface area contributed by atoms with Crippen molar-refractivity contribution in [3.63, 3.8) is 0 Å². The number of hydrogen-bond donors (Lipinski definition) is 3. The van der Waals surface area contributed by atoms with Crippen molar-refractivity contribution in [1.82, 2.24) is 14.9 Å². The summed E-state index contributed by atoms with van der Waals surface area (Å²) in [5.41, 5.74) is 1.35. The monoisotopic (exact) mass is 442 g/mol. The van der Waals surface area contributed by atoms with Gasteiger partial charge in [-0.25, -0.2) is 9.97 Å². The van der Waals surface area contributed by atoms with Crippen molar-refractivity contribution in [2.24, 2.45) is 0 Å². The van der Waals surface area contributed by atoms with Gasteiger partial charge in [-0.2, -0.15) is 0 Å². The Morgan fingerprint density at radius 2 is 2.19 bits per heavy atom. The van der Waals surface area contributed by atoms with Gasteiger partial charge in [0.05, 0.1) is 22.0 Å². The molecule has 9 heteroatoms. The van der Waals surface area contributed by atoms with E-state index in [2.05, 4.69) is 15.3 Å². The second-order valence-electron chi connectivity index (χ2n) is 7.44. The number of likely N-dealkylation sites (tertiary alicyclic amines) is 1. The van der Waals surface area contributed by atoms with Crippen LogP contribution in [0.1, 0.15) is 19.8 Å². The molecule has 1 fully saturated rings. The second-order valence-corrected chi connectivity index (χ2v) is 7.85. The largest absolute Gasteiger partial charge is 0.506 e. The van der Waals surface area contributed by atoms with Crippen molar-refractivity contribution < 1.29 is 19.7 Å². The summed E-state index contributed by atoms with van der Waals surface area (Å²) in [6.07, 6.45) is 2.85. The predicted molar refractivity (Wildman–Crippen MR) is 118 cm³/mol. The van der Waals surface area contributed by atoms with Crippen LogP contribution in [0.5, 0.6) is 11.5 Å². The van der Waals surface area contributed by atoms with E-state index in [1.54, 1.807) is 17.0 Å². The number of nitrogens with zero attached hydrogens (tertiary/aromatic N) is 3. The Kier molecular flexibility index (Phi) is 6.11. The van der Waals surface area contributed by atoms with Crippen LogP contribution < -0.4 is 10.1 Å². The van der Waals surface area contributed by atoms with Crippen LogP contribution in [-0.2, 0) is 4.79 Å². The highest BCUT2D eigenvalue weighted by molar-refractivity contribution is 6.32. The van der Waals surface area contributed by atoms with Gasteiger partial charge in [0.2, 0.25) is 5.91 Å². The van der Waals surface area contributed by atoms with Gasteiger partial charge in [-0.3, -0.25) is 4.79 Å². The Labute approximate surface area is 184 Å². The van der Waals surface area contributed by atoms with Gasteiger partial charge in [-0.1, -0.05) is 17.7 Å². The Morgan fingerprint density at radius 3 is 2.97 bits per heavy atom. The Morgan fingerprint density at radius 1 is 1.35 bits per heavy atom. The fourth-order valence-electron chi connectivity index (χ4n) is 3.95. The molecule has 1 unspecified atom stereocenters. The van der Waals surface area contributed by atoms with Crippen LogP contribution in [0.25, 0.3) is 10.9 Å². The maximum absolute atomic E-state index is 12.1. The van der Waals surface area contributed by atoms with E-state index in [0.29, 0.717) is 34.7 Å². The van der Waals surface area contributed by atoms with Crippen molar-refractivity contribution in [1.29, 1.82) is 0 Å². The first-order valence-corrected chi connectivity index (χ1v) is 10.4. The molecule has 162 valence electrons. The van der Waals surface area contributed by atoms with Gasteiger partial charge in [-0.05, 0) is 50.1 Å². The molecule has 1 aromatic heterocycles. The molecule has 2 atom stereocenters. The van der Waals surface area contributed by atoms with E-state index in [1.807, 2.05) is 25.1 Å². The highest BCUT2D eigenvalue weighted by atomic mass is 35.5. The first-order valence-electron chi connectivity index (χ1n) is 10.0. The van der Waals surface area contributed by atoms with Crippen LogP contribution in [-0.4, -0.2) is 56.3 Å². The van der Waals surface area contributed by atoms with Crippen LogP contribution >= 0.6 is 11.6 Å². The molecule has 3 aromatic rings. The third-order valence-corrected chi connectivity index (χ3v) is 5.75. The van der Waals surface area contributed by atoms with Crippen molar-refractivity contribution in [2.75, 3.05) is 18.5 Å². The lowest BCUT2D eigenvalue weighted by Gasteiger charge is -2.30. The average Bonchev–Trinajstić information content (AvgIpc) is 3.26. The van der Waals surface area contributed by atoms with E-state index in [4.69, 9.17) is 16.3 Å². The van der Waals surface area contributed by atoms with Crippen LogP contribution in [0.15, 0.2) is 42.7 Å². The molecule has 0 saturated carbocycles. The number of fused-ring (bicyclic) bond motifs is 1. The first kappa shape index (κ1) is 21.1. The van der Waals surface area contributed by atoms with Gasteiger partial charge in [0.15, 0.2) is 0 Å². The second kappa shape index (κ2) is 8.95. The van der Waals surface area contributed by atoms with Crippen molar-refractivity contribution in [3.05, 3.63) is 47.7 Å². The lowest BCUT2D eigenvalue weighted by atomic mass is 10.1. The van der Waals surface area contributed by atoms with Crippen molar-refractivity contribution in [2.45, 2.75) is 31.9 Å². The molecule has 31 heavy (non-hydrogen) atoms. The van der Waals surface area contributed by atoms with E-state index in [0.717, 1.165) is 12.8 Å². The maximum atomic E-state index is 12.1. The minimum atomic E-state index is -0.505. The van der Waals surface area contributed by atoms with Gasteiger partial charge in [-0.15, -0.1) is 0 Å². The number of aliphatic hydroxyl groups is 1. The fourth-order valence-corrected chi connectivity index (χ4v) is 4.13. The van der Waals surface area contributed by atoms with Crippen molar-refractivity contribution >= 4 is 39.9 Å². The molecule has 3 N–H and O–H groups in total. The van der Waals surface area contributed by atoms with Crippen LogP contribution in [0, 0.1) is 0 Å². The number of phenols is 1. The molecule has 0 spiro atoms. The van der Waals surface area contributed by atoms with E-state index >= 15 is 0 Å². The lowest BCUT2D eigenvalue weighted by molar-refractivity contribution is -0.136. The molecule has 2 aromatic carbocycles. The number of carbonyl (C=O) groups is 1. The number of aromatic hydroxyl groups is 1. The number of anilines is 2. The highest BCUT2D eigenvalue weighted by Crippen LogP contribution is 2.35. The first-order chi connectivity index (χ1) is 15.0. The molecule has 1 saturated heterocycles. The summed E-state index contributed by atoms with van der Waals surface area (Å²) in [5, 5.41) is 23.0. The van der Waals surface area contributed by atoms with Gasteiger partial charge in [0, 0.05) is 12.2 Å². The number of hydrogen-bond acceptors (Lipinski definition) is 7. The summed E-state index contributed by atoms with van der Waals surface area (Å²) in [4.78, 5) is 22.5. The van der Waals surface area contributed by atoms with E-state index in [9.17, 15) is 15.0 Å². The highest BCUT2D eigenvalue weighted by Gasteiger charge is 2.33. The average molecular weight is 443 g/mol. The number of halogens is 1. The third-order valence-electron chi connectivity index (χ3n) is 5.44. The van der Waals surface area contributed by atoms with Gasteiger partial charge >= 0.3 is 0 Å². The normalized spacial score (nSPS) is 17.0. The topological polar surface area (TPSA) is 108 Å². The number of phenolic OH excluding ortho intramolecular Hbond substituents is 1. The van der Waals surface area contributed by atoms with Crippen molar-refractivity contribution in [3.8, 4) is 11.5 Å². The summed E-state index contributed by atoms with van der Waals surface area (Å²) < 4.78 is 6.30. The summed E-state index contributed by atoms with van der Waals surface area (Å²) in [6.45, 7) is 2.03. The molecular formula is C22H23ClN4O4. The fraction of sp³-hybridized carbons (Fsp3) is 0.318. The third kappa shape index (κ3) is 4.35. The quantitative estimate of drug-likeness (QED) is 0.501. The van der Waals surface area contributed by atoms with Gasteiger partial charge in [0.25, 0.3) is 0 Å². The number of aromatic nitrogens is 2. The molecule has 8 nitrogen and oxygen atoms in total. The minimum absolute atomic E-state index is 0.00356. The smallest absolute Gasteiger partial charge is 0.248 e. The summed E-state index contributed by atoms with van der Waals surface area (Å²) in [7, 11) is 0. The Hall–Kier alpha value is -3.10. The van der Waals surface area contributed by atoms with Crippen LogP contribution in [0.2, 0.25) is 5.02 Å². The maximum Gasteiger partial charge on any atom is 0.248 e. The molecule has 0 bridgehead atoms. The lowest BCUT2D eigenvalue weighted by Crippen LogP contribution is -2.45. The molecule has 4 rings (SSSR count). The zero-order chi connectivity index (χ0) is 22.0.